The fourth-order valence-electron chi connectivity index (χ4n) is 2.31. The van der Waals surface area contributed by atoms with Gasteiger partial charge in [0, 0.05) is 24.7 Å². The molecule has 0 aliphatic heterocycles. The Morgan fingerprint density at radius 1 is 1.04 bits per heavy atom. The van der Waals surface area contributed by atoms with Gasteiger partial charge in [0.25, 0.3) is 0 Å². The highest BCUT2D eigenvalue weighted by Gasteiger charge is 2.08. The van der Waals surface area contributed by atoms with E-state index in [0.29, 0.717) is 0 Å². The third kappa shape index (κ3) is 10.1. The van der Waals surface area contributed by atoms with E-state index in [9.17, 15) is 9.59 Å². The summed E-state index contributed by atoms with van der Waals surface area (Å²) in [6, 6.07) is 5.87. The number of rotatable bonds is 9. The number of benzene rings is 1. The lowest BCUT2D eigenvalue weighted by Gasteiger charge is -2.09. The van der Waals surface area contributed by atoms with Gasteiger partial charge in [-0.15, -0.1) is 0 Å². The summed E-state index contributed by atoms with van der Waals surface area (Å²) in [7, 11) is 0. The molecule has 0 saturated heterocycles. The van der Waals surface area contributed by atoms with Crippen LogP contribution in [0, 0.1) is 13.8 Å². The van der Waals surface area contributed by atoms with E-state index in [0.717, 1.165) is 29.7 Å². The molecule has 0 saturated carbocycles. The number of anilines is 1. The fraction of sp³-hybridized carbons (Fsp3) is 0.409. The summed E-state index contributed by atoms with van der Waals surface area (Å²) in [4.78, 5) is 23.8. The van der Waals surface area contributed by atoms with Crippen molar-refractivity contribution in [3.8, 4) is 0 Å². The van der Waals surface area contributed by atoms with Crippen LogP contribution in [-0.4, -0.2) is 18.0 Å². The number of hydrogen-bond donors (Lipinski definition) is 2. The number of hydrazone groups is 1. The number of nitrogens with one attached hydrogen (secondary N) is 2. The lowest BCUT2D eigenvalue weighted by atomic mass is 10.1. The normalized spacial score (nSPS) is 11.4. The predicted molar refractivity (Wildman–Crippen MR) is 113 cm³/mol. The lowest BCUT2D eigenvalue weighted by molar-refractivity contribution is -0.124. The number of hydrogen-bond acceptors (Lipinski definition) is 3. The average Bonchev–Trinajstić information content (AvgIpc) is 2.60. The van der Waals surface area contributed by atoms with E-state index in [1.165, 1.54) is 11.1 Å². The molecule has 27 heavy (non-hydrogen) atoms. The molecule has 0 fully saturated rings. The molecule has 0 radical (unpaired) electrons. The summed E-state index contributed by atoms with van der Waals surface area (Å²) >= 11 is 0. The lowest BCUT2D eigenvalue weighted by Crippen LogP contribution is -2.20. The number of allylic oxidation sites excluding steroid dienone is 4. The summed E-state index contributed by atoms with van der Waals surface area (Å²) in [5, 5.41) is 6.74. The Hall–Kier alpha value is -2.69. The van der Waals surface area contributed by atoms with Gasteiger partial charge >= 0.3 is 0 Å². The van der Waals surface area contributed by atoms with Crippen LogP contribution in [0.2, 0.25) is 0 Å². The van der Waals surface area contributed by atoms with E-state index in [4.69, 9.17) is 0 Å². The zero-order valence-electron chi connectivity index (χ0n) is 17.1. The van der Waals surface area contributed by atoms with Gasteiger partial charge in [-0.25, -0.2) is 5.43 Å². The second kappa shape index (κ2) is 11.8. The van der Waals surface area contributed by atoms with Crippen LogP contribution in [0.4, 0.5) is 5.69 Å². The number of aryl methyl sites for hydroxylation is 2. The predicted octanol–water partition coefficient (Wildman–Crippen LogP) is 4.82. The molecule has 5 nitrogen and oxygen atoms in total. The molecule has 0 unspecified atom stereocenters. The number of carbonyl (C=O) groups excluding carboxylic acids is 2. The van der Waals surface area contributed by atoms with Crippen molar-refractivity contribution >= 4 is 23.7 Å². The van der Waals surface area contributed by atoms with Crippen LogP contribution in [-0.2, 0) is 9.59 Å². The van der Waals surface area contributed by atoms with E-state index >= 15 is 0 Å². The Kier molecular flexibility index (Phi) is 9.80. The van der Waals surface area contributed by atoms with Crippen LogP contribution in [0.3, 0.4) is 0 Å². The monoisotopic (exact) mass is 369 g/mol. The Labute approximate surface area is 162 Å². The molecule has 0 aromatic heterocycles. The Bertz CT molecular complexity index is 742. The first kappa shape index (κ1) is 22.4. The van der Waals surface area contributed by atoms with E-state index < -0.39 is 0 Å². The van der Waals surface area contributed by atoms with Crippen LogP contribution in [0.5, 0.6) is 0 Å². The molecule has 146 valence electrons. The van der Waals surface area contributed by atoms with Crippen molar-refractivity contribution in [1.29, 1.82) is 0 Å². The summed E-state index contributed by atoms with van der Waals surface area (Å²) in [5.41, 5.74) is 7.81. The zero-order valence-corrected chi connectivity index (χ0v) is 17.1. The molecule has 0 heterocycles. The van der Waals surface area contributed by atoms with Gasteiger partial charge in [-0.1, -0.05) is 29.4 Å². The highest BCUT2D eigenvalue weighted by Crippen LogP contribution is 2.16. The van der Waals surface area contributed by atoms with Crippen molar-refractivity contribution < 1.29 is 9.59 Å². The van der Waals surface area contributed by atoms with Crippen molar-refractivity contribution in [2.75, 3.05) is 5.32 Å². The van der Waals surface area contributed by atoms with E-state index in [1.54, 1.807) is 6.21 Å². The van der Waals surface area contributed by atoms with Crippen molar-refractivity contribution in [2.45, 2.75) is 60.3 Å². The molecule has 0 aliphatic rings. The molecular formula is C22H31N3O2. The Morgan fingerprint density at radius 3 is 2.44 bits per heavy atom. The maximum absolute atomic E-state index is 12.0. The molecule has 5 heteroatoms. The molecule has 2 N–H and O–H groups in total. The number of amides is 2. The number of nitrogens with zero attached hydrogens (tertiary/aromatic N) is 1. The smallest absolute Gasteiger partial charge is 0.240 e. The molecule has 1 aromatic rings. The fourth-order valence-corrected chi connectivity index (χ4v) is 2.31. The molecule has 0 atom stereocenters. The minimum atomic E-state index is -0.280. The largest absolute Gasteiger partial charge is 0.326 e. The molecule has 0 spiro atoms. The summed E-state index contributed by atoms with van der Waals surface area (Å²) in [6.07, 6.45) is 7.82. The van der Waals surface area contributed by atoms with Gasteiger partial charge in [0.1, 0.15) is 0 Å². The highest BCUT2D eigenvalue weighted by molar-refractivity contribution is 5.94. The van der Waals surface area contributed by atoms with Crippen LogP contribution in [0.15, 0.2) is 46.6 Å². The first-order valence-electron chi connectivity index (χ1n) is 9.26. The zero-order chi connectivity index (χ0) is 20.2. The van der Waals surface area contributed by atoms with Crippen LogP contribution >= 0.6 is 0 Å². The van der Waals surface area contributed by atoms with Crippen molar-refractivity contribution in [2.24, 2.45) is 5.10 Å². The quantitative estimate of drug-likeness (QED) is 0.372. The van der Waals surface area contributed by atoms with Gasteiger partial charge in [0.05, 0.1) is 0 Å². The maximum atomic E-state index is 12.0. The molecule has 0 aliphatic carbocycles. The van der Waals surface area contributed by atoms with Crippen LogP contribution in [0.1, 0.15) is 57.6 Å². The number of carbonyl (C=O) groups is 2. The summed E-state index contributed by atoms with van der Waals surface area (Å²) in [6.45, 7) is 10.1. The Balaban J connectivity index is 2.33. The van der Waals surface area contributed by atoms with Crippen molar-refractivity contribution in [3.63, 3.8) is 0 Å². The van der Waals surface area contributed by atoms with Gasteiger partial charge in [-0.05, 0) is 70.7 Å². The highest BCUT2D eigenvalue weighted by atomic mass is 16.2. The van der Waals surface area contributed by atoms with E-state index in [2.05, 4.69) is 35.8 Å². The van der Waals surface area contributed by atoms with E-state index in [-0.39, 0.29) is 24.7 Å². The van der Waals surface area contributed by atoms with Gasteiger partial charge in [0.2, 0.25) is 11.8 Å². The third-order valence-corrected chi connectivity index (χ3v) is 3.96. The van der Waals surface area contributed by atoms with Crippen LogP contribution < -0.4 is 10.7 Å². The molecule has 1 rings (SSSR count). The second-order valence-electron chi connectivity index (χ2n) is 7.01. The molecule has 1 aromatic carbocycles. The van der Waals surface area contributed by atoms with Gasteiger partial charge in [-0.2, -0.15) is 5.10 Å². The first-order valence-corrected chi connectivity index (χ1v) is 9.26. The van der Waals surface area contributed by atoms with Gasteiger partial charge in [-0.3, -0.25) is 9.59 Å². The molecule has 0 bridgehead atoms. The SMILES string of the molecule is CC(C)=CCC/C(C)=C/C=N/NC(=O)CCC(=O)Nc1cc(C)ccc1C. The third-order valence-electron chi connectivity index (χ3n) is 3.96. The van der Waals surface area contributed by atoms with E-state index in [1.807, 2.05) is 45.0 Å². The first-order chi connectivity index (χ1) is 12.8. The summed E-state index contributed by atoms with van der Waals surface area (Å²) < 4.78 is 0. The van der Waals surface area contributed by atoms with Crippen molar-refractivity contribution in [3.05, 3.63) is 52.6 Å². The average molecular weight is 370 g/mol. The van der Waals surface area contributed by atoms with Gasteiger partial charge < -0.3 is 5.32 Å². The summed E-state index contributed by atoms with van der Waals surface area (Å²) in [5.74, 6) is -0.462. The van der Waals surface area contributed by atoms with Crippen LogP contribution in [0.25, 0.3) is 0 Å². The molecular weight excluding hydrogens is 338 g/mol. The maximum Gasteiger partial charge on any atom is 0.240 e. The molecule has 2 amide bonds. The second-order valence-corrected chi connectivity index (χ2v) is 7.01. The topological polar surface area (TPSA) is 70.6 Å². The van der Waals surface area contributed by atoms with Gasteiger partial charge in [0.15, 0.2) is 0 Å². The Morgan fingerprint density at radius 2 is 1.74 bits per heavy atom. The minimum Gasteiger partial charge on any atom is -0.326 e. The minimum absolute atomic E-state index is 0.0945. The van der Waals surface area contributed by atoms with Crippen molar-refractivity contribution in [1.82, 2.24) is 5.43 Å². The standard InChI is InChI=1S/C22H31N3O2/c1-16(2)7-6-8-17(3)13-14-23-25-22(27)12-11-21(26)24-20-15-18(4)9-10-19(20)5/h7,9-10,13-15H,6,8,11-12H2,1-5H3,(H,24,26)(H,25,27)/b17-13+,23-14+.